The van der Waals surface area contributed by atoms with Crippen LogP contribution in [0.4, 0.5) is 17.6 Å². The third-order valence-electron chi connectivity index (χ3n) is 4.97. The number of carbonyl (C=O) groups excluding carboxylic acids is 1. The average Bonchev–Trinajstić information content (AvgIpc) is 3.17. The quantitative estimate of drug-likeness (QED) is 0.463. The molecular formula is C24H18F4N2O3. The number of aliphatic imine (C=N–C) groups is 1. The SMILES string of the molecule is O=C(ON1C(COc2ccc(F)cc2)=NC(c2ccccc2)C1c1ccccc1)C(F)(F)F. The van der Waals surface area contributed by atoms with E-state index < -0.39 is 30.0 Å². The maximum Gasteiger partial charge on any atom is 0.493 e. The molecule has 3 aromatic carbocycles. The van der Waals surface area contributed by atoms with Crippen molar-refractivity contribution in [2.45, 2.75) is 18.3 Å². The van der Waals surface area contributed by atoms with Crippen molar-refractivity contribution in [3.8, 4) is 5.75 Å². The van der Waals surface area contributed by atoms with Crippen LogP contribution in [0.5, 0.6) is 5.75 Å². The van der Waals surface area contributed by atoms with Gasteiger partial charge in [0, 0.05) is 0 Å². The Morgan fingerprint density at radius 1 is 0.879 bits per heavy atom. The highest BCUT2D eigenvalue weighted by Gasteiger charge is 2.47. The van der Waals surface area contributed by atoms with Gasteiger partial charge in [0.05, 0.1) is 0 Å². The third-order valence-corrected chi connectivity index (χ3v) is 4.97. The number of carbonyl (C=O) groups is 1. The van der Waals surface area contributed by atoms with E-state index >= 15 is 0 Å². The molecule has 2 atom stereocenters. The summed E-state index contributed by atoms with van der Waals surface area (Å²) in [5, 5.41) is 0.854. The highest BCUT2D eigenvalue weighted by atomic mass is 19.4. The highest BCUT2D eigenvalue weighted by Crippen LogP contribution is 2.42. The second kappa shape index (κ2) is 9.32. The zero-order chi connectivity index (χ0) is 23.4. The number of nitrogens with zero attached hydrogens (tertiary/aromatic N) is 2. The number of rotatable bonds is 6. The van der Waals surface area contributed by atoms with E-state index in [-0.39, 0.29) is 18.2 Å². The van der Waals surface area contributed by atoms with Crippen LogP contribution in [0.3, 0.4) is 0 Å². The minimum absolute atomic E-state index is 0.0142. The highest BCUT2D eigenvalue weighted by molar-refractivity contribution is 5.87. The largest absolute Gasteiger partial charge is 0.493 e. The Balaban J connectivity index is 1.71. The van der Waals surface area contributed by atoms with Crippen molar-refractivity contribution in [3.05, 3.63) is 102 Å². The molecule has 0 fully saturated rings. The van der Waals surface area contributed by atoms with E-state index in [1.165, 1.54) is 24.3 Å². The van der Waals surface area contributed by atoms with Crippen LogP contribution in [0.2, 0.25) is 0 Å². The van der Waals surface area contributed by atoms with Crippen molar-refractivity contribution in [2.24, 2.45) is 4.99 Å². The van der Waals surface area contributed by atoms with E-state index in [0.29, 0.717) is 5.56 Å². The lowest BCUT2D eigenvalue weighted by molar-refractivity contribution is -0.230. The summed E-state index contributed by atoms with van der Waals surface area (Å²) >= 11 is 0. The number of amidine groups is 1. The second-order valence-corrected chi connectivity index (χ2v) is 7.20. The summed E-state index contributed by atoms with van der Waals surface area (Å²) in [7, 11) is 0. The number of hydroxylamine groups is 2. The molecule has 0 N–H and O–H groups in total. The van der Waals surface area contributed by atoms with Gasteiger partial charge in [-0.05, 0) is 35.4 Å². The molecule has 0 radical (unpaired) electrons. The number of alkyl halides is 3. The molecule has 0 bridgehead atoms. The third kappa shape index (κ3) is 5.14. The van der Waals surface area contributed by atoms with E-state index in [2.05, 4.69) is 4.99 Å². The Hall–Kier alpha value is -3.88. The van der Waals surface area contributed by atoms with Crippen molar-refractivity contribution < 1.29 is 31.9 Å². The monoisotopic (exact) mass is 458 g/mol. The first-order valence-electron chi connectivity index (χ1n) is 9.96. The topological polar surface area (TPSA) is 51.1 Å². The molecular weight excluding hydrogens is 440 g/mol. The van der Waals surface area contributed by atoms with Crippen molar-refractivity contribution in [3.63, 3.8) is 0 Å². The van der Waals surface area contributed by atoms with Gasteiger partial charge in [-0.1, -0.05) is 60.7 Å². The fourth-order valence-electron chi connectivity index (χ4n) is 3.48. The van der Waals surface area contributed by atoms with Gasteiger partial charge in [0.1, 0.15) is 30.3 Å². The first-order valence-corrected chi connectivity index (χ1v) is 9.96. The standard InChI is InChI=1S/C24H18F4N2O3/c25-18-11-13-19(14-12-18)32-15-20-29-21(16-7-3-1-4-8-16)22(17-9-5-2-6-10-17)30(20)33-23(31)24(26,27)28/h1-14,21-22H,15H2. The van der Waals surface area contributed by atoms with Crippen LogP contribution >= 0.6 is 0 Å². The van der Waals surface area contributed by atoms with Gasteiger partial charge in [-0.25, -0.2) is 9.18 Å². The molecule has 0 saturated heterocycles. The molecule has 33 heavy (non-hydrogen) atoms. The molecule has 2 unspecified atom stereocenters. The minimum Gasteiger partial charge on any atom is -0.486 e. The number of ether oxygens (including phenoxy) is 1. The average molecular weight is 458 g/mol. The van der Waals surface area contributed by atoms with Gasteiger partial charge >= 0.3 is 12.1 Å². The van der Waals surface area contributed by atoms with Gasteiger partial charge in [-0.3, -0.25) is 4.99 Å². The zero-order valence-electron chi connectivity index (χ0n) is 17.1. The predicted octanol–water partition coefficient (Wildman–Crippen LogP) is 5.42. The molecule has 0 saturated carbocycles. The van der Waals surface area contributed by atoms with Crippen LogP contribution < -0.4 is 4.74 Å². The molecule has 9 heteroatoms. The molecule has 1 aliphatic rings. The van der Waals surface area contributed by atoms with E-state index in [0.717, 1.165) is 10.6 Å². The van der Waals surface area contributed by atoms with E-state index in [1.54, 1.807) is 60.7 Å². The summed E-state index contributed by atoms with van der Waals surface area (Å²) in [5.74, 6) is -2.57. The Morgan fingerprint density at radius 2 is 1.45 bits per heavy atom. The minimum atomic E-state index is -5.20. The lowest BCUT2D eigenvalue weighted by Crippen LogP contribution is -2.40. The normalized spacial score (nSPS) is 18.1. The smallest absolute Gasteiger partial charge is 0.486 e. The number of benzene rings is 3. The number of halogens is 4. The van der Waals surface area contributed by atoms with E-state index in [1.807, 2.05) is 0 Å². The Morgan fingerprint density at radius 3 is 2.03 bits per heavy atom. The molecule has 0 amide bonds. The summed E-state index contributed by atoms with van der Waals surface area (Å²) in [6.07, 6.45) is -5.20. The zero-order valence-corrected chi connectivity index (χ0v) is 17.1. The summed E-state index contributed by atoms with van der Waals surface area (Å²) in [6.45, 7) is -0.302. The fourth-order valence-corrected chi connectivity index (χ4v) is 3.48. The fraction of sp³-hybridized carbons (Fsp3) is 0.167. The Labute approximate surface area is 186 Å². The first-order chi connectivity index (χ1) is 15.8. The predicted molar refractivity (Wildman–Crippen MR) is 112 cm³/mol. The molecule has 1 aliphatic heterocycles. The second-order valence-electron chi connectivity index (χ2n) is 7.20. The van der Waals surface area contributed by atoms with Gasteiger partial charge in [0.2, 0.25) is 0 Å². The van der Waals surface area contributed by atoms with Crippen LogP contribution in [0.1, 0.15) is 23.2 Å². The van der Waals surface area contributed by atoms with E-state index in [9.17, 15) is 22.4 Å². The van der Waals surface area contributed by atoms with Gasteiger partial charge in [0.25, 0.3) is 0 Å². The van der Waals surface area contributed by atoms with Gasteiger partial charge in [-0.2, -0.15) is 18.2 Å². The maximum absolute atomic E-state index is 13.2. The molecule has 170 valence electrons. The molecule has 1 heterocycles. The number of hydrogen-bond donors (Lipinski definition) is 0. The molecule has 5 nitrogen and oxygen atoms in total. The lowest BCUT2D eigenvalue weighted by atomic mass is 9.95. The Bertz CT molecular complexity index is 1120. The van der Waals surface area contributed by atoms with Crippen molar-refractivity contribution in [2.75, 3.05) is 6.61 Å². The van der Waals surface area contributed by atoms with Crippen LogP contribution in [0.15, 0.2) is 89.9 Å². The van der Waals surface area contributed by atoms with E-state index in [4.69, 9.17) is 9.57 Å². The lowest BCUT2D eigenvalue weighted by Gasteiger charge is -2.29. The summed E-state index contributed by atoms with van der Waals surface area (Å²) in [6, 6.07) is 21.2. The molecule has 0 aliphatic carbocycles. The maximum atomic E-state index is 13.2. The molecule has 0 spiro atoms. The van der Waals surface area contributed by atoms with Crippen LogP contribution in [0, 0.1) is 5.82 Å². The summed E-state index contributed by atoms with van der Waals surface area (Å²) in [4.78, 5) is 21.1. The Kier molecular flexibility index (Phi) is 6.30. The van der Waals surface area contributed by atoms with Gasteiger partial charge in [0.15, 0.2) is 5.84 Å². The van der Waals surface area contributed by atoms with Crippen LogP contribution in [-0.4, -0.2) is 29.7 Å². The van der Waals surface area contributed by atoms with Crippen molar-refractivity contribution in [1.29, 1.82) is 0 Å². The number of hydrogen-bond acceptors (Lipinski definition) is 5. The van der Waals surface area contributed by atoms with Crippen LogP contribution in [-0.2, 0) is 9.63 Å². The van der Waals surface area contributed by atoms with Crippen LogP contribution in [0.25, 0.3) is 0 Å². The van der Waals surface area contributed by atoms with Crippen molar-refractivity contribution in [1.82, 2.24) is 5.06 Å². The molecule has 4 rings (SSSR count). The van der Waals surface area contributed by atoms with Crippen molar-refractivity contribution >= 4 is 11.8 Å². The molecule has 3 aromatic rings. The summed E-state index contributed by atoms with van der Waals surface area (Å²) in [5.41, 5.74) is 1.32. The van der Waals surface area contributed by atoms with Gasteiger partial charge < -0.3 is 9.57 Å². The summed E-state index contributed by atoms with van der Waals surface area (Å²) < 4.78 is 58.0. The van der Waals surface area contributed by atoms with Gasteiger partial charge in [-0.15, -0.1) is 0 Å². The first kappa shape index (κ1) is 22.3. The molecule has 0 aromatic heterocycles.